The summed E-state index contributed by atoms with van der Waals surface area (Å²) in [7, 11) is 0. The molecule has 2 nitrogen and oxygen atoms in total. The number of benzene rings is 1. The molecule has 96 valence electrons. The minimum absolute atomic E-state index is 0.635. The standard InChI is InChI=1S/C15H26N2/c1-3-4-5-6-13(2)17-12-11-14-7-9-15(16)10-8-14/h7-10,13,17H,3-6,11-12,16H2,1-2H3. The zero-order valence-corrected chi connectivity index (χ0v) is 11.2. The van der Waals surface area contributed by atoms with Gasteiger partial charge in [0.15, 0.2) is 0 Å². The van der Waals surface area contributed by atoms with Crippen LogP contribution < -0.4 is 11.1 Å². The normalized spacial score (nSPS) is 12.6. The second-order valence-electron chi connectivity index (χ2n) is 4.84. The number of nitrogens with two attached hydrogens (primary N) is 1. The molecule has 1 rings (SSSR count). The highest BCUT2D eigenvalue weighted by atomic mass is 14.9. The van der Waals surface area contributed by atoms with Crippen LogP contribution in [0.4, 0.5) is 5.69 Å². The quantitative estimate of drug-likeness (QED) is 0.534. The van der Waals surface area contributed by atoms with Crippen LogP contribution in [0.15, 0.2) is 24.3 Å². The summed E-state index contributed by atoms with van der Waals surface area (Å²) in [6.07, 6.45) is 6.36. The molecule has 3 N–H and O–H groups in total. The van der Waals surface area contributed by atoms with Gasteiger partial charge in [0.25, 0.3) is 0 Å². The van der Waals surface area contributed by atoms with Crippen molar-refractivity contribution in [1.29, 1.82) is 0 Å². The van der Waals surface area contributed by atoms with Gasteiger partial charge >= 0.3 is 0 Å². The molecule has 0 fully saturated rings. The van der Waals surface area contributed by atoms with Gasteiger partial charge in [0, 0.05) is 11.7 Å². The summed E-state index contributed by atoms with van der Waals surface area (Å²) >= 11 is 0. The highest BCUT2D eigenvalue weighted by Gasteiger charge is 2.00. The summed E-state index contributed by atoms with van der Waals surface area (Å²) in [6, 6.07) is 8.80. The molecule has 0 heterocycles. The van der Waals surface area contributed by atoms with Gasteiger partial charge in [-0.15, -0.1) is 0 Å². The Kier molecular flexibility index (Phi) is 6.71. The Labute approximate surface area is 106 Å². The fraction of sp³-hybridized carbons (Fsp3) is 0.600. The second-order valence-corrected chi connectivity index (χ2v) is 4.84. The van der Waals surface area contributed by atoms with Crippen LogP contribution in [0.5, 0.6) is 0 Å². The molecule has 1 unspecified atom stereocenters. The fourth-order valence-electron chi connectivity index (χ4n) is 1.95. The third-order valence-corrected chi connectivity index (χ3v) is 3.13. The Bertz CT molecular complexity index is 292. The Morgan fingerprint density at radius 3 is 2.53 bits per heavy atom. The van der Waals surface area contributed by atoms with Crippen LogP contribution >= 0.6 is 0 Å². The number of nitrogens with one attached hydrogen (secondary N) is 1. The van der Waals surface area contributed by atoms with Crippen LogP contribution in [0.3, 0.4) is 0 Å². The topological polar surface area (TPSA) is 38.0 Å². The lowest BCUT2D eigenvalue weighted by atomic mass is 10.1. The van der Waals surface area contributed by atoms with E-state index in [0.29, 0.717) is 6.04 Å². The molecule has 0 saturated heterocycles. The Morgan fingerprint density at radius 1 is 1.18 bits per heavy atom. The summed E-state index contributed by atoms with van der Waals surface area (Å²) < 4.78 is 0. The molecule has 1 aromatic rings. The van der Waals surface area contributed by atoms with E-state index in [0.717, 1.165) is 18.7 Å². The highest BCUT2D eigenvalue weighted by Crippen LogP contribution is 2.06. The van der Waals surface area contributed by atoms with Gasteiger partial charge in [0.05, 0.1) is 0 Å². The first kappa shape index (κ1) is 14.0. The molecule has 0 saturated carbocycles. The number of hydrogen-bond acceptors (Lipinski definition) is 2. The fourth-order valence-corrected chi connectivity index (χ4v) is 1.95. The van der Waals surface area contributed by atoms with Crippen LogP contribution in [-0.4, -0.2) is 12.6 Å². The monoisotopic (exact) mass is 234 g/mol. The SMILES string of the molecule is CCCCCC(C)NCCc1ccc(N)cc1. The number of rotatable bonds is 8. The molecule has 0 aliphatic rings. The summed E-state index contributed by atoms with van der Waals surface area (Å²) in [5.41, 5.74) is 7.85. The average molecular weight is 234 g/mol. The maximum atomic E-state index is 5.66. The molecule has 0 aromatic heterocycles. The second kappa shape index (κ2) is 8.13. The van der Waals surface area contributed by atoms with E-state index in [-0.39, 0.29) is 0 Å². The van der Waals surface area contributed by atoms with Gasteiger partial charge in [-0.25, -0.2) is 0 Å². The Balaban J connectivity index is 2.12. The van der Waals surface area contributed by atoms with E-state index in [1.165, 1.54) is 31.2 Å². The summed E-state index contributed by atoms with van der Waals surface area (Å²) in [5.74, 6) is 0. The maximum absolute atomic E-state index is 5.66. The lowest BCUT2D eigenvalue weighted by Crippen LogP contribution is -2.27. The van der Waals surface area contributed by atoms with Crippen molar-refractivity contribution in [2.45, 2.75) is 52.0 Å². The lowest BCUT2D eigenvalue weighted by Gasteiger charge is -2.13. The molecular formula is C15H26N2. The van der Waals surface area contributed by atoms with Crippen molar-refractivity contribution in [2.75, 3.05) is 12.3 Å². The largest absolute Gasteiger partial charge is 0.399 e. The van der Waals surface area contributed by atoms with Crippen molar-refractivity contribution in [3.8, 4) is 0 Å². The number of unbranched alkanes of at least 4 members (excludes halogenated alkanes) is 2. The predicted molar refractivity (Wildman–Crippen MR) is 76.2 cm³/mol. The van der Waals surface area contributed by atoms with Crippen LogP contribution in [-0.2, 0) is 6.42 Å². The van der Waals surface area contributed by atoms with E-state index < -0.39 is 0 Å². The van der Waals surface area contributed by atoms with E-state index in [4.69, 9.17) is 5.73 Å². The van der Waals surface area contributed by atoms with Gasteiger partial charge in [-0.3, -0.25) is 0 Å². The number of anilines is 1. The lowest BCUT2D eigenvalue weighted by molar-refractivity contribution is 0.490. The first-order chi connectivity index (χ1) is 8.22. The molecule has 0 bridgehead atoms. The van der Waals surface area contributed by atoms with E-state index in [1.54, 1.807) is 0 Å². The van der Waals surface area contributed by atoms with Crippen LogP contribution in [0, 0.1) is 0 Å². The molecule has 1 aromatic carbocycles. The molecule has 0 radical (unpaired) electrons. The number of hydrogen-bond donors (Lipinski definition) is 2. The minimum atomic E-state index is 0.635. The van der Waals surface area contributed by atoms with Gasteiger partial charge in [0.2, 0.25) is 0 Å². The zero-order chi connectivity index (χ0) is 12.5. The molecule has 0 amide bonds. The smallest absolute Gasteiger partial charge is 0.0314 e. The first-order valence-corrected chi connectivity index (χ1v) is 6.80. The van der Waals surface area contributed by atoms with E-state index in [1.807, 2.05) is 12.1 Å². The summed E-state index contributed by atoms with van der Waals surface area (Å²) in [5, 5.41) is 3.57. The summed E-state index contributed by atoms with van der Waals surface area (Å²) in [6.45, 7) is 5.58. The molecule has 1 atom stereocenters. The van der Waals surface area contributed by atoms with Crippen LogP contribution in [0.1, 0.15) is 45.1 Å². The molecular weight excluding hydrogens is 208 g/mol. The van der Waals surface area contributed by atoms with Gasteiger partial charge in [0.1, 0.15) is 0 Å². The van der Waals surface area contributed by atoms with E-state index >= 15 is 0 Å². The predicted octanol–water partition coefficient (Wildman–Crippen LogP) is 3.37. The molecule has 0 spiro atoms. The summed E-state index contributed by atoms with van der Waals surface area (Å²) in [4.78, 5) is 0. The Hall–Kier alpha value is -1.02. The van der Waals surface area contributed by atoms with Gasteiger partial charge < -0.3 is 11.1 Å². The molecule has 0 aliphatic carbocycles. The van der Waals surface area contributed by atoms with Crippen molar-refractivity contribution >= 4 is 5.69 Å². The van der Waals surface area contributed by atoms with E-state index in [9.17, 15) is 0 Å². The maximum Gasteiger partial charge on any atom is 0.0314 e. The Morgan fingerprint density at radius 2 is 1.88 bits per heavy atom. The zero-order valence-electron chi connectivity index (χ0n) is 11.2. The molecule has 17 heavy (non-hydrogen) atoms. The van der Waals surface area contributed by atoms with Crippen molar-refractivity contribution in [3.05, 3.63) is 29.8 Å². The van der Waals surface area contributed by atoms with Gasteiger partial charge in [-0.2, -0.15) is 0 Å². The van der Waals surface area contributed by atoms with E-state index in [2.05, 4.69) is 31.3 Å². The minimum Gasteiger partial charge on any atom is -0.399 e. The van der Waals surface area contributed by atoms with Crippen molar-refractivity contribution in [2.24, 2.45) is 0 Å². The molecule has 0 aliphatic heterocycles. The van der Waals surface area contributed by atoms with Crippen molar-refractivity contribution in [1.82, 2.24) is 5.32 Å². The third kappa shape index (κ3) is 6.32. The van der Waals surface area contributed by atoms with Crippen molar-refractivity contribution < 1.29 is 0 Å². The average Bonchev–Trinajstić information content (AvgIpc) is 2.32. The first-order valence-electron chi connectivity index (χ1n) is 6.80. The van der Waals surface area contributed by atoms with Gasteiger partial charge in [-0.05, 0) is 44.0 Å². The number of nitrogen functional groups attached to an aromatic ring is 1. The highest BCUT2D eigenvalue weighted by molar-refractivity contribution is 5.39. The van der Waals surface area contributed by atoms with Crippen molar-refractivity contribution in [3.63, 3.8) is 0 Å². The van der Waals surface area contributed by atoms with Crippen LogP contribution in [0.2, 0.25) is 0 Å². The van der Waals surface area contributed by atoms with Crippen LogP contribution in [0.25, 0.3) is 0 Å². The van der Waals surface area contributed by atoms with Gasteiger partial charge in [-0.1, -0.05) is 38.3 Å². The third-order valence-electron chi connectivity index (χ3n) is 3.13. The molecule has 2 heteroatoms.